The minimum Gasteiger partial charge on any atom is -0.455 e. The topological polar surface area (TPSA) is 44.1 Å². The van der Waals surface area contributed by atoms with Crippen molar-refractivity contribution in [3.63, 3.8) is 0 Å². The van der Waals surface area contributed by atoms with Crippen LogP contribution in [0.1, 0.15) is 25.0 Å². The molecule has 0 atom stereocenters. The number of para-hydroxylation sites is 6. The average molecular weight is 1830 g/mol. The molecule has 4 heterocycles. The van der Waals surface area contributed by atoms with Gasteiger partial charge in [0.2, 0.25) is 0 Å². The smallest absolute Gasteiger partial charge is 0.143 e. The SMILES string of the molecule is CC1(C)c2ccccc2-c2ccc(-c3ccc4ccc5c(-c6ccc(-c7cccc8c7oc7ccccc78)cc6)ccc6ccc3c4c65)cc21.c1ccc(-c2cc(-c3ccccc3)cc(-c3ccc4ccc5c(-c6ccc(-c7cccc8c7oc7ccccc78)cc6)ccc6ccc3c4c65)c2)cc1.c1cncc(-c2ccc3ccc4c(-c5ccc(-n6c7ccccc7c7ccccc76)cc5)ccc5ccc2c3c54)c1. The molecule has 30 aromatic rings. The maximum Gasteiger partial charge on any atom is 0.143 e. The summed E-state index contributed by atoms with van der Waals surface area (Å²) in [4.78, 5) is 4.38. The van der Waals surface area contributed by atoms with E-state index in [9.17, 15) is 0 Å². The van der Waals surface area contributed by atoms with Crippen molar-refractivity contribution in [2.45, 2.75) is 19.3 Å². The molecule has 0 unspecified atom stereocenters. The molecule has 4 aromatic heterocycles. The van der Waals surface area contributed by atoms with E-state index < -0.39 is 0 Å². The monoisotopic (exact) mass is 1830 g/mol. The van der Waals surface area contributed by atoms with Crippen LogP contribution in [0.15, 0.2) is 507 Å². The van der Waals surface area contributed by atoms with Crippen LogP contribution in [0.2, 0.25) is 0 Å². The van der Waals surface area contributed by atoms with E-state index in [1.54, 1.807) is 0 Å². The molecule has 0 aliphatic heterocycles. The fraction of sp³-hybridized carbons (Fsp3) is 0.0214. The van der Waals surface area contributed by atoms with Crippen molar-refractivity contribution in [3.05, 3.63) is 509 Å². The molecule has 0 saturated carbocycles. The molecule has 670 valence electrons. The standard InChI is InChI=1S/C52H32O.C49H32O.C39H24N2/c1-3-10-33(11-4-1)39-30-40(34-12-5-2-6-13-34)32-41(31-39)43-27-23-38-24-28-46-42(26-22-37-25-29-47(43)51(38)50(37)46)35-18-20-36(21-19-35)44-15-9-16-48-45-14-7-8-17-49(45)53-52(44)48;1-49(2)43-12-5-3-8-37(43)38-25-22-33(28-44(38)49)35-24-19-32-20-26-40-34(23-18-31-21-27-41(35)47(32)46(31)40)29-14-16-30(17-15-29)36-10-7-11-42-39-9-4-6-13-45(39)50-48(36)42;1-3-9-36-32(7-1)33-8-2-4-10-37(33)41(36)29-17-11-25(12-18-29)30-19-13-26-16-22-35-31(28-6-5-23-40-24-28)20-14-27-15-21-34(30)38(26)39(27)35/h1-32H;3-28H,1-2H3;1-24H. The maximum atomic E-state index is 6.38. The van der Waals surface area contributed by atoms with E-state index in [0.717, 1.165) is 71.7 Å². The molecule has 144 heavy (non-hydrogen) atoms. The van der Waals surface area contributed by atoms with E-state index in [1.807, 2.05) is 42.7 Å². The molecule has 0 radical (unpaired) electrons. The first-order valence-electron chi connectivity index (χ1n) is 49.8. The molecule has 4 heteroatoms. The lowest BCUT2D eigenvalue weighted by Crippen LogP contribution is -2.14. The van der Waals surface area contributed by atoms with Gasteiger partial charge in [-0.3, -0.25) is 4.98 Å². The summed E-state index contributed by atoms with van der Waals surface area (Å²) in [5.41, 5.74) is 37.0. The van der Waals surface area contributed by atoms with Gasteiger partial charge in [0.15, 0.2) is 0 Å². The Kier molecular flexibility index (Phi) is 18.8. The summed E-state index contributed by atoms with van der Waals surface area (Å²) in [5.74, 6) is 0. The van der Waals surface area contributed by atoms with E-state index in [0.29, 0.717) is 0 Å². The summed E-state index contributed by atoms with van der Waals surface area (Å²) in [6.45, 7) is 4.72. The summed E-state index contributed by atoms with van der Waals surface area (Å²) in [6.07, 6.45) is 3.79. The molecular weight excluding hydrogens is 1740 g/mol. The number of benzene rings is 26. The molecule has 0 bridgehead atoms. The second kappa shape index (κ2) is 32.8. The van der Waals surface area contributed by atoms with Gasteiger partial charge in [-0.05, 0) is 281 Å². The molecule has 0 amide bonds. The van der Waals surface area contributed by atoms with Crippen molar-refractivity contribution in [1.82, 2.24) is 9.55 Å². The third kappa shape index (κ3) is 13.1. The Morgan fingerprint density at radius 2 is 0.493 bits per heavy atom. The summed E-state index contributed by atoms with van der Waals surface area (Å²) < 4.78 is 15.1. The highest BCUT2D eigenvalue weighted by Crippen LogP contribution is 2.54. The van der Waals surface area contributed by atoms with Crippen LogP contribution in [0.5, 0.6) is 0 Å². The zero-order valence-corrected chi connectivity index (χ0v) is 79.1. The summed E-state index contributed by atoms with van der Waals surface area (Å²) >= 11 is 0. The van der Waals surface area contributed by atoms with Gasteiger partial charge >= 0.3 is 0 Å². The lowest BCUT2D eigenvalue weighted by atomic mass is 9.81. The lowest BCUT2D eigenvalue weighted by molar-refractivity contribution is 0.660. The molecule has 1 aliphatic carbocycles. The average Bonchev–Trinajstić information content (AvgIpc) is 1.08. The van der Waals surface area contributed by atoms with Crippen molar-refractivity contribution in [3.8, 4) is 128 Å². The van der Waals surface area contributed by atoms with Gasteiger partial charge in [-0.2, -0.15) is 0 Å². The summed E-state index contributed by atoms with van der Waals surface area (Å²) in [6, 6.07) is 177. The molecule has 0 fully saturated rings. The zero-order chi connectivity index (χ0) is 94.9. The highest BCUT2D eigenvalue weighted by molar-refractivity contribution is 6.31. The van der Waals surface area contributed by atoms with E-state index in [2.05, 4.69) is 478 Å². The summed E-state index contributed by atoms with van der Waals surface area (Å²) in [7, 11) is 0. The number of hydrogen-bond donors (Lipinski definition) is 0. The minimum atomic E-state index is -0.0330. The van der Waals surface area contributed by atoms with Crippen LogP contribution in [-0.2, 0) is 5.41 Å². The molecule has 31 rings (SSSR count). The van der Waals surface area contributed by atoms with Gasteiger partial charge in [0, 0.05) is 72.5 Å². The van der Waals surface area contributed by atoms with Crippen LogP contribution in [0, 0.1) is 0 Å². The molecule has 0 N–H and O–H groups in total. The predicted molar refractivity (Wildman–Crippen MR) is 609 cm³/mol. The number of pyridine rings is 1. The minimum absolute atomic E-state index is 0.0330. The van der Waals surface area contributed by atoms with Gasteiger partial charge < -0.3 is 13.4 Å². The van der Waals surface area contributed by atoms with Gasteiger partial charge in [-0.25, -0.2) is 0 Å². The van der Waals surface area contributed by atoms with E-state index in [-0.39, 0.29) is 5.41 Å². The Morgan fingerprint density at radius 3 is 0.917 bits per heavy atom. The molecule has 0 saturated heterocycles. The van der Waals surface area contributed by atoms with Crippen molar-refractivity contribution < 1.29 is 8.83 Å². The molecule has 1 aliphatic rings. The number of furan rings is 2. The maximum absolute atomic E-state index is 6.38. The fourth-order valence-corrected chi connectivity index (χ4v) is 24.3. The first-order chi connectivity index (χ1) is 71.2. The molecular formula is C140H88N2O2. The van der Waals surface area contributed by atoms with Crippen LogP contribution >= 0.6 is 0 Å². The third-order valence-electron chi connectivity index (χ3n) is 31.2. The van der Waals surface area contributed by atoms with Crippen LogP contribution < -0.4 is 0 Å². The predicted octanol–water partition coefficient (Wildman–Crippen LogP) is 39.0. The number of hydrogen-bond acceptors (Lipinski definition) is 3. The number of fused-ring (bicyclic) bond motifs is 12. The normalized spacial score (nSPS) is 12.4. The first kappa shape index (κ1) is 82.5. The van der Waals surface area contributed by atoms with E-state index in [4.69, 9.17) is 8.83 Å². The number of rotatable bonds is 11. The van der Waals surface area contributed by atoms with Gasteiger partial charge in [-0.15, -0.1) is 0 Å². The third-order valence-corrected chi connectivity index (χ3v) is 31.2. The Balaban J connectivity index is 0.000000104. The first-order valence-corrected chi connectivity index (χ1v) is 49.8. The van der Waals surface area contributed by atoms with Crippen molar-refractivity contribution in [2.24, 2.45) is 0 Å². The van der Waals surface area contributed by atoms with Crippen molar-refractivity contribution >= 4 is 163 Å². The summed E-state index contributed by atoms with van der Waals surface area (Å²) in [5, 5.41) is 30.5. The van der Waals surface area contributed by atoms with Gasteiger partial charge in [0.25, 0.3) is 0 Å². The van der Waals surface area contributed by atoms with Crippen LogP contribution in [0.4, 0.5) is 0 Å². The lowest BCUT2D eigenvalue weighted by Gasteiger charge is -2.22. The van der Waals surface area contributed by atoms with Crippen molar-refractivity contribution in [2.75, 3.05) is 0 Å². The van der Waals surface area contributed by atoms with E-state index in [1.165, 1.54) is 230 Å². The Morgan fingerprint density at radius 1 is 0.188 bits per heavy atom. The molecule has 26 aromatic carbocycles. The number of nitrogens with zero attached hydrogens (tertiary/aromatic N) is 2. The molecule has 0 spiro atoms. The van der Waals surface area contributed by atoms with Crippen LogP contribution in [-0.4, -0.2) is 9.55 Å². The highest BCUT2D eigenvalue weighted by Gasteiger charge is 2.36. The zero-order valence-electron chi connectivity index (χ0n) is 79.1. The Hall–Kier alpha value is -18.6. The van der Waals surface area contributed by atoms with Crippen molar-refractivity contribution in [1.29, 1.82) is 0 Å². The second-order valence-electron chi connectivity index (χ2n) is 39.3. The fourth-order valence-electron chi connectivity index (χ4n) is 24.3. The largest absolute Gasteiger partial charge is 0.455 e. The van der Waals surface area contributed by atoms with E-state index >= 15 is 0 Å². The van der Waals surface area contributed by atoms with Gasteiger partial charge in [-0.1, -0.05) is 432 Å². The second-order valence-corrected chi connectivity index (χ2v) is 39.3. The van der Waals surface area contributed by atoms with Gasteiger partial charge in [0.05, 0.1) is 11.0 Å². The molecule has 4 nitrogen and oxygen atoms in total. The number of aromatic nitrogens is 2. The van der Waals surface area contributed by atoms with Crippen LogP contribution in [0.25, 0.3) is 291 Å². The Labute approximate surface area is 831 Å². The van der Waals surface area contributed by atoms with Crippen LogP contribution in [0.3, 0.4) is 0 Å². The Bertz CT molecular complexity index is 10300. The highest BCUT2D eigenvalue weighted by atomic mass is 16.3. The quantitative estimate of drug-likeness (QED) is 0.121. The van der Waals surface area contributed by atoms with Gasteiger partial charge in [0.1, 0.15) is 22.3 Å².